The monoisotopic (exact) mass is 508 g/mol. The molecule has 2 aromatic carbocycles. The molecule has 2 aromatic heterocycles. The number of carbonyl (C=O) groups is 1. The van der Waals surface area contributed by atoms with E-state index in [1.165, 1.54) is 0 Å². The van der Waals surface area contributed by atoms with Gasteiger partial charge in [-0.05, 0) is 12.1 Å². The number of ketones is 1. The van der Waals surface area contributed by atoms with Crippen molar-refractivity contribution in [2.75, 3.05) is 0 Å². The number of aliphatic hydroxyl groups is 3. The molecule has 1 aliphatic carbocycles. The van der Waals surface area contributed by atoms with Gasteiger partial charge in [-0.15, -0.1) is 13.2 Å². The second-order valence-electron chi connectivity index (χ2n) is 10.9. The number of hydrogen-bond donors (Lipinski definition) is 5. The van der Waals surface area contributed by atoms with Crippen LogP contribution in [0.4, 0.5) is 0 Å². The molecule has 5 rings (SSSR count). The normalized spacial score (nSPS) is 17.1. The number of aliphatic hydroxyl groups excluding tert-OH is 3. The fraction of sp³-hybridized carbons (Fsp3) is 0.219. The largest absolute Gasteiger partial charge is 0.504 e. The molecular formula is C32H32N2O4. The van der Waals surface area contributed by atoms with Gasteiger partial charge >= 0.3 is 0 Å². The summed E-state index contributed by atoms with van der Waals surface area (Å²) in [5.74, 6) is -1.81. The predicted molar refractivity (Wildman–Crippen MR) is 153 cm³/mol. The van der Waals surface area contributed by atoms with Crippen LogP contribution < -0.4 is 0 Å². The number of para-hydroxylation sites is 2. The van der Waals surface area contributed by atoms with Crippen molar-refractivity contribution < 1.29 is 20.1 Å². The molecule has 0 aliphatic heterocycles. The van der Waals surface area contributed by atoms with E-state index in [0.29, 0.717) is 33.3 Å². The summed E-state index contributed by atoms with van der Waals surface area (Å²) in [5.41, 5.74) is 2.37. The fourth-order valence-corrected chi connectivity index (χ4v) is 5.25. The van der Waals surface area contributed by atoms with Crippen LogP contribution in [0.25, 0.3) is 33.0 Å². The molecule has 6 heteroatoms. The first-order chi connectivity index (χ1) is 17.9. The maximum Gasteiger partial charge on any atom is 0.200 e. The lowest BCUT2D eigenvalue weighted by molar-refractivity contribution is -0.119. The second kappa shape index (κ2) is 8.64. The molecule has 1 aliphatic rings. The van der Waals surface area contributed by atoms with E-state index in [1.807, 2.05) is 76.2 Å². The summed E-state index contributed by atoms with van der Waals surface area (Å²) in [6.45, 7) is 15.7. The molecule has 0 spiro atoms. The Morgan fingerprint density at radius 2 is 1.21 bits per heavy atom. The number of benzene rings is 2. The van der Waals surface area contributed by atoms with Crippen LogP contribution in [0.2, 0.25) is 0 Å². The van der Waals surface area contributed by atoms with E-state index in [9.17, 15) is 20.1 Å². The predicted octanol–water partition coefficient (Wildman–Crippen LogP) is 6.76. The van der Waals surface area contributed by atoms with Gasteiger partial charge in [0.1, 0.15) is 6.10 Å². The number of fused-ring (bicyclic) bond motifs is 2. The number of allylic oxidation sites excluding steroid dienone is 2. The van der Waals surface area contributed by atoms with E-state index >= 15 is 0 Å². The molecule has 2 heterocycles. The van der Waals surface area contributed by atoms with Crippen LogP contribution >= 0.6 is 0 Å². The smallest absolute Gasteiger partial charge is 0.200 e. The average molecular weight is 509 g/mol. The summed E-state index contributed by atoms with van der Waals surface area (Å²) in [5, 5.41) is 35.9. The lowest BCUT2D eigenvalue weighted by Crippen LogP contribution is -2.31. The Labute approximate surface area is 221 Å². The zero-order valence-electron chi connectivity index (χ0n) is 22.0. The Morgan fingerprint density at radius 1 is 0.763 bits per heavy atom. The zero-order valence-corrected chi connectivity index (χ0v) is 22.0. The van der Waals surface area contributed by atoms with E-state index < -0.39 is 34.2 Å². The first-order valence-electron chi connectivity index (χ1n) is 12.5. The van der Waals surface area contributed by atoms with Crippen LogP contribution in [-0.4, -0.2) is 37.2 Å². The van der Waals surface area contributed by atoms with Crippen molar-refractivity contribution >= 4 is 38.7 Å². The van der Waals surface area contributed by atoms with Crippen LogP contribution in [0.5, 0.6) is 0 Å². The van der Waals surface area contributed by atoms with Crippen molar-refractivity contribution in [3.05, 3.63) is 108 Å². The third kappa shape index (κ3) is 3.56. The molecule has 38 heavy (non-hydrogen) atoms. The van der Waals surface area contributed by atoms with E-state index in [-0.39, 0.29) is 11.1 Å². The number of aromatic amines is 2. The molecule has 0 fully saturated rings. The average Bonchev–Trinajstić information content (AvgIpc) is 3.48. The van der Waals surface area contributed by atoms with Gasteiger partial charge in [0, 0.05) is 60.7 Å². The van der Waals surface area contributed by atoms with Gasteiger partial charge < -0.3 is 25.3 Å². The number of aromatic nitrogens is 2. The maximum atomic E-state index is 14.0. The van der Waals surface area contributed by atoms with Crippen molar-refractivity contribution in [3.8, 4) is 0 Å². The maximum absolute atomic E-state index is 14.0. The molecule has 5 N–H and O–H groups in total. The summed E-state index contributed by atoms with van der Waals surface area (Å²) < 4.78 is 0. The molecule has 1 atom stereocenters. The van der Waals surface area contributed by atoms with Crippen molar-refractivity contribution in [2.24, 2.45) is 0 Å². The summed E-state index contributed by atoms with van der Waals surface area (Å²) in [7, 11) is 0. The Hall–Kier alpha value is -4.29. The summed E-state index contributed by atoms with van der Waals surface area (Å²) in [6.07, 6.45) is 1.79. The highest BCUT2D eigenvalue weighted by Crippen LogP contribution is 2.46. The minimum absolute atomic E-state index is 0.0389. The molecule has 0 amide bonds. The summed E-state index contributed by atoms with van der Waals surface area (Å²) in [4.78, 5) is 20.7. The van der Waals surface area contributed by atoms with Crippen molar-refractivity contribution in [1.82, 2.24) is 9.97 Å². The van der Waals surface area contributed by atoms with Crippen LogP contribution in [0, 0.1) is 0 Å². The minimum Gasteiger partial charge on any atom is -0.504 e. The van der Waals surface area contributed by atoms with Crippen molar-refractivity contribution in [2.45, 2.75) is 44.6 Å². The molecule has 0 bridgehead atoms. The van der Waals surface area contributed by atoms with Gasteiger partial charge in [0.15, 0.2) is 11.5 Å². The van der Waals surface area contributed by atoms with Crippen LogP contribution in [0.3, 0.4) is 0 Å². The van der Waals surface area contributed by atoms with Gasteiger partial charge in [0.2, 0.25) is 5.78 Å². The molecule has 0 saturated heterocycles. The fourth-order valence-electron chi connectivity index (χ4n) is 5.25. The Morgan fingerprint density at radius 3 is 1.71 bits per heavy atom. The second-order valence-corrected chi connectivity index (χ2v) is 10.9. The Kier molecular flexibility index (Phi) is 5.76. The molecular weight excluding hydrogens is 476 g/mol. The summed E-state index contributed by atoms with van der Waals surface area (Å²) >= 11 is 0. The number of hydrogen-bond acceptors (Lipinski definition) is 4. The number of H-pyrrole nitrogens is 2. The third-order valence-electron chi connectivity index (χ3n) is 7.73. The van der Waals surface area contributed by atoms with Crippen molar-refractivity contribution in [3.63, 3.8) is 0 Å². The zero-order chi connectivity index (χ0) is 27.6. The highest BCUT2D eigenvalue weighted by Gasteiger charge is 2.42. The quantitative estimate of drug-likeness (QED) is 0.185. The van der Waals surface area contributed by atoms with Gasteiger partial charge in [-0.3, -0.25) is 4.79 Å². The van der Waals surface area contributed by atoms with Gasteiger partial charge in [0.05, 0.1) is 5.57 Å². The Balaban J connectivity index is 1.87. The number of nitrogens with one attached hydrogen (secondary N) is 2. The lowest BCUT2D eigenvalue weighted by Gasteiger charge is -2.28. The van der Waals surface area contributed by atoms with E-state index in [0.717, 1.165) is 11.0 Å². The van der Waals surface area contributed by atoms with E-state index in [1.54, 1.807) is 12.2 Å². The highest BCUT2D eigenvalue weighted by atomic mass is 16.3. The van der Waals surface area contributed by atoms with Crippen LogP contribution in [0.15, 0.2) is 85.4 Å². The van der Waals surface area contributed by atoms with Crippen LogP contribution in [0.1, 0.15) is 50.2 Å². The molecule has 1 unspecified atom stereocenters. The van der Waals surface area contributed by atoms with Gasteiger partial charge in [0.25, 0.3) is 0 Å². The van der Waals surface area contributed by atoms with Crippen LogP contribution in [-0.2, 0) is 15.6 Å². The van der Waals surface area contributed by atoms with Gasteiger partial charge in [-0.2, -0.15) is 0 Å². The van der Waals surface area contributed by atoms with E-state index in [2.05, 4.69) is 23.1 Å². The minimum atomic E-state index is -1.71. The molecule has 194 valence electrons. The summed E-state index contributed by atoms with van der Waals surface area (Å²) in [6, 6.07) is 14.9. The Bertz CT molecular complexity index is 1710. The molecule has 0 radical (unpaired) electrons. The SMILES string of the molecule is C=CC(C)(C)c1[nH]c2ccccc2c1C1=C(O)C(O)=C(c2c(C(C)(C)C=C)[nH]c3ccccc23)C(O)C1=O. The first kappa shape index (κ1) is 25.4. The van der Waals surface area contributed by atoms with Gasteiger partial charge in [-0.1, -0.05) is 76.2 Å². The van der Waals surface area contributed by atoms with Crippen molar-refractivity contribution in [1.29, 1.82) is 0 Å². The first-order valence-corrected chi connectivity index (χ1v) is 12.5. The molecule has 4 aromatic rings. The molecule has 0 saturated carbocycles. The number of rotatable bonds is 6. The highest BCUT2D eigenvalue weighted by molar-refractivity contribution is 6.32. The van der Waals surface area contributed by atoms with E-state index in [4.69, 9.17) is 0 Å². The molecule has 6 nitrogen and oxygen atoms in total. The number of Topliss-reactive ketones (excluding diaryl/α,β-unsaturated/α-hetero) is 1. The number of carbonyl (C=O) groups excluding carboxylic acids is 1. The standard InChI is InChI=1S/C32H32N2O4/c1-7-31(3,4)29-21(17-13-9-11-15-19(17)33-29)23-25(35)27(37)24(28(38)26(23)36)22-18-14-10-12-16-20(18)34-30(22)32(5,6)8-2/h7-16,25,33-36,38H,1-2H2,3-6H3. The topological polar surface area (TPSA) is 109 Å². The third-order valence-corrected chi connectivity index (χ3v) is 7.73. The van der Waals surface area contributed by atoms with Gasteiger partial charge in [-0.25, -0.2) is 0 Å². The lowest BCUT2D eigenvalue weighted by atomic mass is 9.77.